The molecule has 0 unspecified atom stereocenters. The largest absolute Gasteiger partial charge is 0.0616 e. The first-order valence-electron chi connectivity index (χ1n) is 14.8. The average molecular weight is 527 g/mol. The Morgan fingerprint density at radius 1 is 0.190 bits per heavy atom. The van der Waals surface area contributed by atoms with Crippen molar-refractivity contribution >= 4 is 108 Å². The first kappa shape index (κ1) is 21.3. The van der Waals surface area contributed by atoms with Crippen molar-refractivity contribution in [2.24, 2.45) is 0 Å². The molecule has 0 heteroatoms. The molecular formula is C42H22. The molecule has 0 spiro atoms. The average Bonchev–Trinajstić information content (AvgIpc) is 3.04. The van der Waals surface area contributed by atoms with Gasteiger partial charge in [0, 0.05) is 0 Å². The van der Waals surface area contributed by atoms with Crippen LogP contribution in [0.25, 0.3) is 108 Å². The minimum absolute atomic E-state index is 1.29. The summed E-state index contributed by atoms with van der Waals surface area (Å²) in [7, 11) is 0. The summed E-state index contributed by atoms with van der Waals surface area (Å²) in [5, 5.41) is 26.8. The highest BCUT2D eigenvalue weighted by atomic mass is 14.2. The second-order valence-electron chi connectivity index (χ2n) is 12.1. The maximum absolute atomic E-state index is 2.44. The maximum Gasteiger partial charge on any atom is -0.000784 e. The fourth-order valence-corrected chi connectivity index (χ4v) is 8.25. The smallest absolute Gasteiger partial charge is 0.000784 e. The lowest BCUT2D eigenvalue weighted by molar-refractivity contribution is 1.79. The van der Waals surface area contributed by atoms with Crippen molar-refractivity contribution in [2.75, 3.05) is 0 Å². The van der Waals surface area contributed by atoms with Crippen LogP contribution in [0.4, 0.5) is 0 Å². The van der Waals surface area contributed by atoms with Gasteiger partial charge in [0.15, 0.2) is 0 Å². The van der Waals surface area contributed by atoms with Crippen molar-refractivity contribution in [3.8, 4) is 0 Å². The highest BCUT2D eigenvalue weighted by molar-refractivity contribution is 6.46. The zero-order chi connectivity index (χ0) is 27.1. The van der Waals surface area contributed by atoms with Gasteiger partial charge >= 0.3 is 0 Å². The summed E-state index contributed by atoms with van der Waals surface area (Å²) in [6, 6.07) is 50.5. The topological polar surface area (TPSA) is 0 Å². The Labute approximate surface area is 240 Å². The number of fused-ring (bicyclic) bond motifs is 9. The van der Waals surface area contributed by atoms with Gasteiger partial charge in [-0.05, 0) is 138 Å². The van der Waals surface area contributed by atoms with Gasteiger partial charge in [0.05, 0.1) is 0 Å². The molecule has 0 N–H and O–H groups in total. The zero-order valence-corrected chi connectivity index (χ0v) is 22.7. The predicted octanol–water partition coefficient (Wildman–Crippen LogP) is 12.1. The van der Waals surface area contributed by atoms with Gasteiger partial charge in [-0.15, -0.1) is 0 Å². The first-order chi connectivity index (χ1) is 20.8. The van der Waals surface area contributed by atoms with Gasteiger partial charge < -0.3 is 0 Å². The van der Waals surface area contributed by atoms with E-state index in [1.54, 1.807) is 0 Å². The second kappa shape index (κ2) is 7.24. The van der Waals surface area contributed by atoms with E-state index in [1.807, 2.05) is 0 Å². The summed E-state index contributed by atoms with van der Waals surface area (Å²) in [6.07, 6.45) is 0. The van der Waals surface area contributed by atoms with Gasteiger partial charge in [-0.3, -0.25) is 0 Å². The predicted molar refractivity (Wildman–Crippen MR) is 184 cm³/mol. The summed E-state index contributed by atoms with van der Waals surface area (Å²) in [5.41, 5.74) is 0. The molecule has 0 atom stereocenters. The lowest BCUT2D eigenvalue weighted by Gasteiger charge is -2.21. The molecule has 11 aromatic rings. The van der Waals surface area contributed by atoms with Gasteiger partial charge in [-0.1, -0.05) is 103 Å². The van der Waals surface area contributed by atoms with E-state index in [-0.39, 0.29) is 0 Å². The molecule has 42 heavy (non-hydrogen) atoms. The van der Waals surface area contributed by atoms with Gasteiger partial charge in [0.25, 0.3) is 0 Å². The van der Waals surface area contributed by atoms with Gasteiger partial charge in [-0.25, -0.2) is 0 Å². The van der Waals surface area contributed by atoms with E-state index >= 15 is 0 Å². The maximum atomic E-state index is 2.44. The van der Waals surface area contributed by atoms with E-state index < -0.39 is 0 Å². The van der Waals surface area contributed by atoms with Gasteiger partial charge in [0.1, 0.15) is 0 Å². The van der Waals surface area contributed by atoms with E-state index in [0.29, 0.717) is 0 Å². The Morgan fingerprint density at radius 2 is 0.667 bits per heavy atom. The summed E-state index contributed by atoms with van der Waals surface area (Å²) in [5.74, 6) is 0. The molecule has 0 radical (unpaired) electrons. The molecule has 11 aromatic carbocycles. The van der Waals surface area contributed by atoms with Crippen LogP contribution in [0, 0.1) is 0 Å². The van der Waals surface area contributed by atoms with Crippen LogP contribution in [0.15, 0.2) is 133 Å². The van der Waals surface area contributed by atoms with Crippen LogP contribution in [0.2, 0.25) is 0 Å². The van der Waals surface area contributed by atoms with Crippen LogP contribution in [0.3, 0.4) is 0 Å². The van der Waals surface area contributed by atoms with Crippen molar-refractivity contribution in [3.63, 3.8) is 0 Å². The fourth-order valence-electron chi connectivity index (χ4n) is 8.25. The van der Waals surface area contributed by atoms with Crippen LogP contribution < -0.4 is 0 Å². The zero-order valence-electron chi connectivity index (χ0n) is 22.7. The Bertz CT molecular complexity index is 2940. The molecule has 0 aromatic heterocycles. The molecule has 0 saturated heterocycles. The minimum Gasteiger partial charge on any atom is -0.0616 e. The normalized spacial score (nSPS) is 12.8. The lowest BCUT2D eigenvalue weighted by atomic mass is 9.82. The molecule has 0 saturated carbocycles. The standard InChI is InChI=1S/C42H22/c1-2-7-25-20-35-29(18-24(25)6-1)19-28-13-15-34-40-31(16-17-33(35)39(28)40)32-14-12-23-10-5-11-30-36-21-26-8-3-4-9-27(26)22-37(36)41(34)42(32)38(23)30/h1-22H. The molecule has 0 bridgehead atoms. The van der Waals surface area contributed by atoms with E-state index in [0.717, 1.165) is 0 Å². The first-order valence-corrected chi connectivity index (χ1v) is 14.8. The third-order valence-electron chi connectivity index (χ3n) is 10.0. The van der Waals surface area contributed by atoms with Crippen LogP contribution in [-0.2, 0) is 0 Å². The Balaban J connectivity index is 1.46. The van der Waals surface area contributed by atoms with Crippen molar-refractivity contribution < 1.29 is 0 Å². The SMILES string of the molecule is c1ccc2cc3c(cc2c1)cc1ccc2c4c(ccc3c14)c1ccc3cccc4c5cc6ccccc6cc5c2c1c34. The summed E-state index contributed by atoms with van der Waals surface area (Å²) >= 11 is 0. The van der Waals surface area contributed by atoms with Gasteiger partial charge in [-0.2, -0.15) is 0 Å². The molecule has 11 rings (SSSR count). The van der Waals surface area contributed by atoms with E-state index in [9.17, 15) is 0 Å². The van der Waals surface area contributed by atoms with Crippen molar-refractivity contribution in [1.29, 1.82) is 0 Å². The van der Waals surface area contributed by atoms with Crippen molar-refractivity contribution in [3.05, 3.63) is 133 Å². The second-order valence-corrected chi connectivity index (χ2v) is 12.1. The highest BCUT2D eigenvalue weighted by Gasteiger charge is 2.21. The summed E-state index contributed by atoms with van der Waals surface area (Å²) in [4.78, 5) is 0. The third-order valence-corrected chi connectivity index (χ3v) is 10.0. The van der Waals surface area contributed by atoms with Crippen LogP contribution in [0.5, 0.6) is 0 Å². The fraction of sp³-hybridized carbons (Fsp3) is 0. The Morgan fingerprint density at radius 3 is 1.45 bits per heavy atom. The summed E-state index contributed by atoms with van der Waals surface area (Å²) < 4.78 is 0. The monoisotopic (exact) mass is 526 g/mol. The molecule has 0 aliphatic carbocycles. The van der Waals surface area contributed by atoms with Crippen LogP contribution in [0.1, 0.15) is 0 Å². The van der Waals surface area contributed by atoms with E-state index in [1.165, 1.54) is 108 Å². The molecule has 0 fully saturated rings. The number of hydrogen-bond donors (Lipinski definition) is 0. The Kier molecular flexibility index (Phi) is 3.67. The van der Waals surface area contributed by atoms with Crippen LogP contribution in [-0.4, -0.2) is 0 Å². The third kappa shape index (κ3) is 2.47. The Hall–Kier alpha value is -5.46. The quantitative estimate of drug-likeness (QED) is 0.136. The van der Waals surface area contributed by atoms with Gasteiger partial charge in [0.2, 0.25) is 0 Å². The summed E-state index contributed by atoms with van der Waals surface area (Å²) in [6.45, 7) is 0. The molecule has 190 valence electrons. The lowest BCUT2D eigenvalue weighted by Crippen LogP contribution is -1.92. The molecule has 0 aliphatic rings. The minimum atomic E-state index is 1.29. The number of rotatable bonds is 0. The van der Waals surface area contributed by atoms with E-state index in [2.05, 4.69) is 133 Å². The molecule has 0 heterocycles. The highest BCUT2D eigenvalue weighted by Crippen LogP contribution is 2.50. The molecule has 0 amide bonds. The molecular weight excluding hydrogens is 504 g/mol. The molecule has 0 aliphatic heterocycles. The van der Waals surface area contributed by atoms with Crippen molar-refractivity contribution in [2.45, 2.75) is 0 Å². The number of hydrogen-bond acceptors (Lipinski definition) is 0. The van der Waals surface area contributed by atoms with Crippen LogP contribution >= 0.6 is 0 Å². The molecule has 0 nitrogen and oxygen atoms in total. The van der Waals surface area contributed by atoms with E-state index in [4.69, 9.17) is 0 Å². The number of benzene rings is 11. The van der Waals surface area contributed by atoms with Crippen molar-refractivity contribution in [1.82, 2.24) is 0 Å².